The molecule has 0 bridgehead atoms. The lowest BCUT2D eigenvalue weighted by Gasteiger charge is -2.43. The van der Waals surface area contributed by atoms with Gasteiger partial charge in [-0.05, 0) is 59.9 Å². The van der Waals surface area contributed by atoms with Crippen LogP contribution >= 0.6 is 0 Å². The molecular weight excluding hydrogens is 484 g/mol. The Kier molecular flexibility index (Phi) is 5.51. The molecule has 5 heterocycles. The highest BCUT2D eigenvalue weighted by atomic mass is 16.6. The van der Waals surface area contributed by atoms with Crippen LogP contribution in [0, 0.1) is 13.8 Å². The summed E-state index contributed by atoms with van der Waals surface area (Å²) in [5, 5.41) is 2.94. The average molecular weight is 519 g/mol. The number of imidazole rings is 1. The Hall–Kier alpha value is -3.89. The molecule has 3 aromatic heterocycles. The van der Waals surface area contributed by atoms with Gasteiger partial charge in [-0.1, -0.05) is 0 Å². The molecule has 3 aliphatic rings. The predicted molar refractivity (Wildman–Crippen MR) is 144 cm³/mol. The number of fused-ring (bicyclic) bond motifs is 2. The minimum atomic E-state index is -0.516. The molecule has 2 aliphatic heterocycles. The fourth-order valence-electron chi connectivity index (χ4n) is 5.64. The van der Waals surface area contributed by atoms with Crippen molar-refractivity contribution in [3.05, 3.63) is 41.6 Å². The summed E-state index contributed by atoms with van der Waals surface area (Å²) in [4.78, 5) is 45.7. The van der Waals surface area contributed by atoms with E-state index < -0.39 is 5.60 Å². The summed E-state index contributed by atoms with van der Waals surface area (Å²) < 4.78 is 7.57. The molecule has 6 rings (SSSR count). The molecule has 11 nitrogen and oxygen atoms in total. The number of ether oxygens (including phenoxy) is 1. The van der Waals surface area contributed by atoms with Crippen LogP contribution in [0.4, 0.5) is 26.9 Å². The Morgan fingerprint density at radius 3 is 2.61 bits per heavy atom. The normalized spacial score (nSPS) is 18.2. The summed E-state index contributed by atoms with van der Waals surface area (Å²) in [6, 6.07) is 1.77. The minimum Gasteiger partial charge on any atom is -0.444 e. The molecule has 38 heavy (non-hydrogen) atoms. The maximum absolute atomic E-state index is 13.3. The van der Waals surface area contributed by atoms with Gasteiger partial charge in [0.1, 0.15) is 11.4 Å². The monoisotopic (exact) mass is 518 g/mol. The number of nitrogens with one attached hydrogen (secondary N) is 1. The number of piperazine rings is 1. The fourth-order valence-corrected chi connectivity index (χ4v) is 5.64. The van der Waals surface area contributed by atoms with Crippen LogP contribution in [-0.4, -0.2) is 73.7 Å². The molecule has 0 radical (unpaired) electrons. The molecule has 3 amide bonds. The molecule has 1 N–H and O–H groups in total. The number of carbonyl (C=O) groups is 2. The topological polar surface area (TPSA) is 108 Å². The zero-order valence-corrected chi connectivity index (χ0v) is 22.6. The third-order valence-electron chi connectivity index (χ3n) is 7.49. The number of hydrogen-bond donors (Lipinski definition) is 1. The summed E-state index contributed by atoms with van der Waals surface area (Å²) >= 11 is 0. The van der Waals surface area contributed by atoms with E-state index in [1.54, 1.807) is 17.3 Å². The highest BCUT2D eigenvalue weighted by Crippen LogP contribution is 2.47. The van der Waals surface area contributed by atoms with Crippen molar-refractivity contribution in [2.75, 3.05) is 41.3 Å². The van der Waals surface area contributed by atoms with E-state index in [2.05, 4.69) is 25.2 Å². The largest absolute Gasteiger partial charge is 0.444 e. The van der Waals surface area contributed by atoms with Crippen molar-refractivity contribution >= 4 is 35.1 Å². The Labute approximate surface area is 221 Å². The van der Waals surface area contributed by atoms with Crippen LogP contribution in [0.1, 0.15) is 50.6 Å². The van der Waals surface area contributed by atoms with Gasteiger partial charge in [0, 0.05) is 49.8 Å². The first kappa shape index (κ1) is 24.4. The molecule has 11 heteroatoms. The lowest BCUT2D eigenvalue weighted by molar-refractivity contribution is 0.0106. The summed E-state index contributed by atoms with van der Waals surface area (Å²) in [5.74, 6) is 1.15. The number of carbonyl (C=O) groups excluding carboxylic acids is 2. The molecule has 0 unspecified atom stereocenters. The van der Waals surface area contributed by atoms with Crippen molar-refractivity contribution in [2.24, 2.45) is 0 Å². The lowest BCUT2D eigenvalue weighted by atomic mass is 10.1. The molecule has 0 atom stereocenters. The number of aromatic nitrogens is 4. The number of urea groups is 1. The van der Waals surface area contributed by atoms with Gasteiger partial charge < -0.3 is 14.0 Å². The summed E-state index contributed by atoms with van der Waals surface area (Å²) in [7, 11) is 0. The van der Waals surface area contributed by atoms with Gasteiger partial charge in [0.05, 0.1) is 23.1 Å². The quantitative estimate of drug-likeness (QED) is 0.548. The summed E-state index contributed by atoms with van der Waals surface area (Å²) in [6.45, 7) is 12.1. The Morgan fingerprint density at radius 1 is 1.08 bits per heavy atom. The van der Waals surface area contributed by atoms with E-state index in [-0.39, 0.29) is 17.7 Å². The Bertz CT molecular complexity index is 1440. The fraction of sp³-hybridized carbons (Fsp3) is 0.519. The molecule has 1 aliphatic carbocycles. The van der Waals surface area contributed by atoms with Crippen LogP contribution in [0.25, 0.3) is 5.65 Å². The third-order valence-corrected chi connectivity index (χ3v) is 7.49. The van der Waals surface area contributed by atoms with E-state index in [9.17, 15) is 9.59 Å². The third kappa shape index (κ3) is 4.29. The second kappa shape index (κ2) is 8.57. The van der Waals surface area contributed by atoms with Crippen LogP contribution in [-0.2, 0) is 11.2 Å². The second-order valence-corrected chi connectivity index (χ2v) is 11.6. The van der Waals surface area contributed by atoms with Crippen LogP contribution in [0.5, 0.6) is 0 Å². The standard InChI is InChI=1S/C27H34N8O3/c1-17-14-33-15-21(30-18(2)22(33)29-17)31-24(36)34-11-7-19-20(6-10-28-23(19)34)32-12-13-35(27(16-32)8-9-27)25(37)38-26(3,4)5/h6,10,14-15H,7-9,11-13,16H2,1-5H3,(H,31,36). The van der Waals surface area contributed by atoms with E-state index in [0.717, 1.165) is 54.1 Å². The maximum atomic E-state index is 13.3. The van der Waals surface area contributed by atoms with Crippen molar-refractivity contribution in [1.29, 1.82) is 0 Å². The number of rotatable bonds is 2. The summed E-state index contributed by atoms with van der Waals surface area (Å²) in [5.41, 5.74) is 3.87. The van der Waals surface area contributed by atoms with Gasteiger partial charge in [-0.3, -0.25) is 15.1 Å². The van der Waals surface area contributed by atoms with Gasteiger partial charge in [0.25, 0.3) is 0 Å². The number of hydrogen-bond acceptors (Lipinski definition) is 7. The van der Waals surface area contributed by atoms with Crippen LogP contribution < -0.4 is 15.1 Å². The first-order valence-corrected chi connectivity index (χ1v) is 13.2. The molecule has 200 valence electrons. The first-order chi connectivity index (χ1) is 18.0. The molecule has 3 aromatic rings. The smallest absolute Gasteiger partial charge is 0.410 e. The number of amides is 3. The predicted octanol–water partition coefficient (Wildman–Crippen LogP) is 3.93. The average Bonchev–Trinajstić information content (AvgIpc) is 3.27. The SMILES string of the molecule is Cc1cn2cc(NC(=O)N3CCc4c(N5CCN(C(=O)OC(C)(C)C)C6(CC6)C5)ccnc43)nc(C)c2n1. The molecule has 1 spiro atoms. The molecule has 0 aromatic carbocycles. The van der Waals surface area contributed by atoms with Crippen LogP contribution in [0.15, 0.2) is 24.7 Å². The van der Waals surface area contributed by atoms with Gasteiger partial charge in [-0.15, -0.1) is 0 Å². The van der Waals surface area contributed by atoms with Gasteiger partial charge in [-0.2, -0.15) is 0 Å². The molecule has 1 saturated carbocycles. The van der Waals surface area contributed by atoms with E-state index >= 15 is 0 Å². The zero-order chi connectivity index (χ0) is 26.8. The number of aryl methyl sites for hydroxylation is 2. The van der Waals surface area contributed by atoms with Crippen molar-refractivity contribution < 1.29 is 14.3 Å². The number of anilines is 3. The lowest BCUT2D eigenvalue weighted by Crippen LogP contribution is -2.58. The highest BCUT2D eigenvalue weighted by Gasteiger charge is 2.54. The van der Waals surface area contributed by atoms with Gasteiger partial charge in [0.15, 0.2) is 11.5 Å². The Balaban J connectivity index is 1.19. The summed E-state index contributed by atoms with van der Waals surface area (Å²) in [6.07, 6.45) is 7.88. The molecular formula is C27H34N8O3. The van der Waals surface area contributed by atoms with Gasteiger partial charge in [-0.25, -0.2) is 24.5 Å². The molecule has 1 saturated heterocycles. The van der Waals surface area contributed by atoms with Crippen molar-refractivity contribution in [2.45, 2.75) is 65.0 Å². The van der Waals surface area contributed by atoms with Gasteiger partial charge in [0.2, 0.25) is 0 Å². The first-order valence-electron chi connectivity index (χ1n) is 13.2. The van der Waals surface area contributed by atoms with E-state index in [4.69, 9.17) is 4.74 Å². The van der Waals surface area contributed by atoms with E-state index in [1.807, 2.05) is 56.2 Å². The van der Waals surface area contributed by atoms with E-state index in [0.29, 0.717) is 31.3 Å². The number of pyridine rings is 1. The van der Waals surface area contributed by atoms with Crippen molar-refractivity contribution in [1.82, 2.24) is 24.3 Å². The van der Waals surface area contributed by atoms with Crippen molar-refractivity contribution in [3.8, 4) is 0 Å². The second-order valence-electron chi connectivity index (χ2n) is 11.6. The van der Waals surface area contributed by atoms with Crippen LogP contribution in [0.2, 0.25) is 0 Å². The van der Waals surface area contributed by atoms with Gasteiger partial charge >= 0.3 is 12.1 Å². The maximum Gasteiger partial charge on any atom is 0.410 e. The Morgan fingerprint density at radius 2 is 1.87 bits per heavy atom. The van der Waals surface area contributed by atoms with Crippen LogP contribution in [0.3, 0.4) is 0 Å². The number of nitrogens with zero attached hydrogens (tertiary/aromatic N) is 7. The molecule has 2 fully saturated rings. The highest BCUT2D eigenvalue weighted by molar-refractivity contribution is 6.02. The van der Waals surface area contributed by atoms with Crippen molar-refractivity contribution in [3.63, 3.8) is 0 Å². The zero-order valence-electron chi connectivity index (χ0n) is 22.6. The van der Waals surface area contributed by atoms with E-state index in [1.165, 1.54) is 0 Å². The minimum absolute atomic E-state index is 0.180.